The highest BCUT2D eigenvalue weighted by Crippen LogP contribution is 2.43. The van der Waals surface area contributed by atoms with Gasteiger partial charge in [-0.2, -0.15) is 18.3 Å². The molecule has 8 heteroatoms. The molecule has 2 N–H and O–H groups in total. The fourth-order valence-electron chi connectivity index (χ4n) is 3.94. The van der Waals surface area contributed by atoms with Crippen LogP contribution in [-0.4, -0.2) is 39.8 Å². The van der Waals surface area contributed by atoms with E-state index in [1.54, 1.807) is 0 Å². The smallest absolute Gasteiger partial charge is 0.383 e. The number of likely N-dealkylation sites (N-methyl/N-ethyl adjacent to an activating group) is 1. The monoisotopic (exact) mass is 337 g/mol. The molecule has 1 saturated heterocycles. The van der Waals surface area contributed by atoms with Crippen LogP contribution >= 0.6 is 0 Å². The molecule has 2 aliphatic heterocycles. The number of hydrogen-bond donors (Lipinski definition) is 1. The van der Waals surface area contributed by atoms with Crippen LogP contribution in [0.25, 0.3) is 11.3 Å². The van der Waals surface area contributed by atoms with E-state index in [2.05, 4.69) is 22.0 Å². The molecule has 1 fully saturated rings. The van der Waals surface area contributed by atoms with Crippen LogP contribution in [-0.2, 0) is 18.1 Å². The molecular weight excluding hydrogens is 319 g/mol. The van der Waals surface area contributed by atoms with Gasteiger partial charge in [0.2, 0.25) is 0 Å². The molecule has 2 aromatic heterocycles. The summed E-state index contributed by atoms with van der Waals surface area (Å²) in [7, 11) is 2.09. The quantitative estimate of drug-likeness (QED) is 0.869. The fourth-order valence-corrected chi connectivity index (χ4v) is 3.94. The molecular formula is C16H18F3N5. The van der Waals surface area contributed by atoms with Gasteiger partial charge in [-0.15, -0.1) is 0 Å². The molecule has 2 aromatic rings. The van der Waals surface area contributed by atoms with Crippen molar-refractivity contribution in [2.75, 3.05) is 25.9 Å². The number of alkyl halides is 3. The van der Waals surface area contributed by atoms with E-state index in [9.17, 15) is 13.2 Å². The molecule has 1 spiro atoms. The Balaban J connectivity index is 1.74. The molecule has 0 saturated carbocycles. The first-order chi connectivity index (χ1) is 11.3. The highest BCUT2D eigenvalue weighted by Gasteiger charge is 2.44. The molecule has 1 unspecified atom stereocenters. The number of nitrogens with two attached hydrogens (primary N) is 1. The molecule has 0 aliphatic carbocycles. The lowest BCUT2D eigenvalue weighted by molar-refractivity contribution is -0.137. The van der Waals surface area contributed by atoms with Crippen LogP contribution in [0.5, 0.6) is 0 Å². The molecule has 0 amide bonds. The van der Waals surface area contributed by atoms with Crippen molar-refractivity contribution in [2.45, 2.75) is 31.0 Å². The van der Waals surface area contributed by atoms with Gasteiger partial charge in [0.05, 0.1) is 11.3 Å². The summed E-state index contributed by atoms with van der Waals surface area (Å²) in [6.45, 7) is 2.80. The summed E-state index contributed by atoms with van der Waals surface area (Å²) in [5, 5.41) is 4.51. The number of anilines is 1. The number of fused-ring (bicyclic) bond motifs is 2. The number of pyridine rings is 1. The average molecular weight is 337 g/mol. The van der Waals surface area contributed by atoms with Crippen LogP contribution in [0.2, 0.25) is 0 Å². The predicted octanol–water partition coefficient (Wildman–Crippen LogP) is 2.52. The largest absolute Gasteiger partial charge is 0.419 e. The molecule has 1 atom stereocenters. The topological polar surface area (TPSA) is 60.0 Å². The van der Waals surface area contributed by atoms with E-state index in [1.165, 1.54) is 6.20 Å². The van der Waals surface area contributed by atoms with E-state index < -0.39 is 17.6 Å². The normalized spacial score (nSPS) is 24.0. The molecule has 4 heterocycles. The third kappa shape index (κ3) is 2.28. The minimum absolute atomic E-state index is 0.0775. The second-order valence-corrected chi connectivity index (χ2v) is 6.81. The van der Waals surface area contributed by atoms with Gasteiger partial charge in [-0.1, -0.05) is 0 Å². The molecule has 5 nitrogen and oxygen atoms in total. The highest BCUT2D eigenvalue weighted by molar-refractivity contribution is 5.63. The Morgan fingerprint density at radius 3 is 2.62 bits per heavy atom. The lowest BCUT2D eigenvalue weighted by Gasteiger charge is -2.21. The number of nitrogens with zero attached hydrogens (tertiary/aromatic N) is 4. The number of hydrogen-bond acceptors (Lipinski definition) is 4. The third-order valence-electron chi connectivity index (χ3n) is 5.19. The van der Waals surface area contributed by atoms with Crippen LogP contribution in [0.3, 0.4) is 0 Å². The van der Waals surface area contributed by atoms with E-state index in [1.807, 2.05) is 10.7 Å². The van der Waals surface area contributed by atoms with Crippen LogP contribution in [0.1, 0.15) is 24.1 Å². The van der Waals surface area contributed by atoms with E-state index in [4.69, 9.17) is 5.73 Å². The zero-order valence-corrected chi connectivity index (χ0v) is 13.3. The Morgan fingerprint density at radius 1 is 1.21 bits per heavy atom. The molecule has 0 radical (unpaired) electrons. The second-order valence-electron chi connectivity index (χ2n) is 6.81. The van der Waals surface area contributed by atoms with Gasteiger partial charge in [0.15, 0.2) is 0 Å². The van der Waals surface area contributed by atoms with E-state index in [-0.39, 0.29) is 5.41 Å². The fraction of sp³-hybridized carbons (Fsp3) is 0.500. The molecule has 0 bridgehead atoms. The van der Waals surface area contributed by atoms with Gasteiger partial charge in [-0.3, -0.25) is 4.68 Å². The molecule has 2 aliphatic rings. The Labute approximate surface area is 137 Å². The Kier molecular flexibility index (Phi) is 3.19. The van der Waals surface area contributed by atoms with Gasteiger partial charge in [0, 0.05) is 36.0 Å². The lowest BCUT2D eigenvalue weighted by Crippen LogP contribution is -2.26. The van der Waals surface area contributed by atoms with Crippen molar-refractivity contribution in [3.63, 3.8) is 0 Å². The summed E-state index contributed by atoms with van der Waals surface area (Å²) in [5.41, 5.74) is 6.53. The SMILES string of the molecule is CN1CCC2(CCn3nc(-c4cnc(N)c(C(F)(F)F)c4)cc32)C1. The van der Waals surface area contributed by atoms with Crippen molar-refractivity contribution >= 4 is 5.82 Å². The van der Waals surface area contributed by atoms with Gasteiger partial charge in [0.25, 0.3) is 0 Å². The summed E-state index contributed by atoms with van der Waals surface area (Å²) >= 11 is 0. The first-order valence-corrected chi connectivity index (χ1v) is 7.88. The van der Waals surface area contributed by atoms with Crippen molar-refractivity contribution in [1.29, 1.82) is 0 Å². The zero-order valence-electron chi connectivity index (χ0n) is 13.3. The predicted molar refractivity (Wildman–Crippen MR) is 83.3 cm³/mol. The maximum absolute atomic E-state index is 13.0. The van der Waals surface area contributed by atoms with Gasteiger partial charge < -0.3 is 10.6 Å². The van der Waals surface area contributed by atoms with Crippen molar-refractivity contribution < 1.29 is 13.2 Å². The first-order valence-electron chi connectivity index (χ1n) is 7.88. The average Bonchev–Trinajstić information content (AvgIpc) is 3.16. The summed E-state index contributed by atoms with van der Waals surface area (Å²) in [6.07, 6.45) is -1.07. The van der Waals surface area contributed by atoms with Crippen molar-refractivity contribution in [1.82, 2.24) is 19.7 Å². The zero-order chi connectivity index (χ0) is 17.1. The summed E-state index contributed by atoms with van der Waals surface area (Å²) in [5.74, 6) is -0.508. The van der Waals surface area contributed by atoms with Crippen molar-refractivity contribution in [3.8, 4) is 11.3 Å². The van der Waals surface area contributed by atoms with Gasteiger partial charge in [-0.05, 0) is 38.6 Å². The Hall–Kier alpha value is -2.09. The van der Waals surface area contributed by atoms with Gasteiger partial charge in [-0.25, -0.2) is 4.98 Å². The van der Waals surface area contributed by atoms with Crippen LogP contribution < -0.4 is 5.73 Å². The van der Waals surface area contributed by atoms with E-state index in [0.29, 0.717) is 11.3 Å². The van der Waals surface area contributed by atoms with Crippen molar-refractivity contribution in [2.24, 2.45) is 0 Å². The van der Waals surface area contributed by atoms with Crippen molar-refractivity contribution in [3.05, 3.63) is 29.6 Å². The minimum Gasteiger partial charge on any atom is -0.383 e. The number of aromatic nitrogens is 3. The van der Waals surface area contributed by atoms with E-state index in [0.717, 1.165) is 44.2 Å². The minimum atomic E-state index is -4.52. The maximum atomic E-state index is 13.0. The summed E-state index contributed by atoms with van der Waals surface area (Å²) < 4.78 is 41.0. The lowest BCUT2D eigenvalue weighted by atomic mass is 9.82. The summed E-state index contributed by atoms with van der Waals surface area (Å²) in [6, 6.07) is 2.95. The molecule has 0 aromatic carbocycles. The molecule has 24 heavy (non-hydrogen) atoms. The second kappa shape index (κ2) is 4.95. The number of aryl methyl sites for hydroxylation is 1. The third-order valence-corrected chi connectivity index (χ3v) is 5.19. The summed E-state index contributed by atoms with van der Waals surface area (Å²) in [4.78, 5) is 5.99. The Morgan fingerprint density at radius 2 is 1.96 bits per heavy atom. The molecule has 4 rings (SSSR count). The Bertz CT molecular complexity index is 797. The maximum Gasteiger partial charge on any atom is 0.419 e. The number of rotatable bonds is 1. The van der Waals surface area contributed by atoms with Crippen LogP contribution in [0, 0.1) is 0 Å². The van der Waals surface area contributed by atoms with Gasteiger partial charge in [0.1, 0.15) is 5.82 Å². The molecule has 128 valence electrons. The van der Waals surface area contributed by atoms with Crippen LogP contribution in [0.15, 0.2) is 18.3 Å². The number of nitrogen functional groups attached to an aromatic ring is 1. The van der Waals surface area contributed by atoms with E-state index >= 15 is 0 Å². The number of likely N-dealkylation sites (tertiary alicyclic amines) is 1. The standard InChI is InChI=1S/C16H18F3N5/c1-23-4-2-15(9-23)3-5-24-13(15)7-12(22-24)10-6-11(16(17,18)19)14(20)21-8-10/h6-8H,2-5,9H2,1H3,(H2,20,21). The number of halogens is 3. The first kappa shape index (κ1) is 15.4. The van der Waals surface area contributed by atoms with Gasteiger partial charge >= 0.3 is 6.18 Å². The van der Waals surface area contributed by atoms with Crippen LogP contribution in [0.4, 0.5) is 19.0 Å². The highest BCUT2D eigenvalue weighted by atomic mass is 19.4.